The second-order valence-corrected chi connectivity index (χ2v) is 6.27. The van der Waals surface area contributed by atoms with E-state index in [0.717, 1.165) is 58.5 Å². The topological polar surface area (TPSA) is 81.3 Å². The van der Waals surface area contributed by atoms with Gasteiger partial charge >= 0.3 is 0 Å². The number of hydrogen-bond acceptors (Lipinski definition) is 4. The summed E-state index contributed by atoms with van der Waals surface area (Å²) in [6, 6.07) is 0. The first-order valence-electron chi connectivity index (χ1n) is 7.85. The Morgan fingerprint density at radius 1 is 0.632 bits per heavy atom. The lowest BCUT2D eigenvalue weighted by Crippen LogP contribution is -2.37. The monoisotopic (exact) mass is 272 g/mol. The summed E-state index contributed by atoms with van der Waals surface area (Å²) >= 11 is 0. The first kappa shape index (κ1) is 18.8. The predicted octanol–water partition coefficient (Wildman–Crippen LogP) is 1.24. The van der Waals surface area contributed by atoms with Crippen LogP contribution in [0.3, 0.4) is 0 Å². The third-order valence-corrected chi connectivity index (χ3v) is 3.69. The van der Waals surface area contributed by atoms with Gasteiger partial charge in [-0.05, 0) is 56.7 Å². The van der Waals surface area contributed by atoms with Gasteiger partial charge < -0.3 is 22.1 Å². The molecule has 0 heterocycles. The quantitative estimate of drug-likeness (QED) is 0.499. The second kappa shape index (κ2) is 11.6. The molecule has 0 fully saturated rings. The van der Waals surface area contributed by atoms with Crippen LogP contribution in [-0.4, -0.2) is 44.2 Å². The van der Waals surface area contributed by atoms with E-state index in [-0.39, 0.29) is 0 Å². The van der Waals surface area contributed by atoms with Crippen molar-refractivity contribution in [1.82, 2.24) is 4.90 Å². The maximum atomic E-state index is 5.65. The van der Waals surface area contributed by atoms with Gasteiger partial charge in [-0.1, -0.05) is 20.8 Å². The zero-order valence-electron chi connectivity index (χ0n) is 13.3. The summed E-state index contributed by atoms with van der Waals surface area (Å²) in [5.74, 6) is 2.00. The van der Waals surface area contributed by atoms with E-state index in [0.29, 0.717) is 17.8 Å². The lowest BCUT2D eigenvalue weighted by atomic mass is 10.0. The predicted molar refractivity (Wildman–Crippen MR) is 84.9 cm³/mol. The van der Waals surface area contributed by atoms with Crippen LogP contribution in [0, 0.1) is 17.8 Å². The molecule has 3 unspecified atom stereocenters. The van der Waals surface area contributed by atoms with Crippen molar-refractivity contribution in [3.05, 3.63) is 0 Å². The molecule has 0 aliphatic carbocycles. The Morgan fingerprint density at radius 3 is 1.11 bits per heavy atom. The van der Waals surface area contributed by atoms with Crippen LogP contribution in [0.25, 0.3) is 0 Å². The molecule has 0 amide bonds. The van der Waals surface area contributed by atoms with Crippen LogP contribution in [0.5, 0.6) is 0 Å². The third-order valence-electron chi connectivity index (χ3n) is 3.69. The van der Waals surface area contributed by atoms with Crippen LogP contribution in [-0.2, 0) is 0 Å². The van der Waals surface area contributed by atoms with Crippen molar-refractivity contribution < 1.29 is 0 Å². The van der Waals surface area contributed by atoms with E-state index in [1.807, 2.05) is 0 Å². The average Bonchev–Trinajstić information content (AvgIpc) is 2.29. The van der Waals surface area contributed by atoms with Crippen molar-refractivity contribution in [3.63, 3.8) is 0 Å². The van der Waals surface area contributed by atoms with E-state index < -0.39 is 0 Å². The molecule has 0 aromatic rings. The minimum atomic E-state index is 0.667. The Hall–Kier alpha value is -0.160. The highest BCUT2D eigenvalue weighted by Crippen LogP contribution is 2.12. The highest BCUT2D eigenvalue weighted by atomic mass is 15.1. The zero-order valence-corrected chi connectivity index (χ0v) is 13.3. The summed E-state index contributed by atoms with van der Waals surface area (Å²) in [5.41, 5.74) is 17.0. The molecular formula is C15H36N4. The molecule has 0 aromatic carbocycles. The fourth-order valence-corrected chi connectivity index (χ4v) is 2.67. The molecule has 0 spiro atoms. The minimum Gasteiger partial charge on any atom is -0.330 e. The van der Waals surface area contributed by atoms with E-state index in [2.05, 4.69) is 25.7 Å². The van der Waals surface area contributed by atoms with Crippen LogP contribution >= 0.6 is 0 Å². The molecule has 0 rings (SSSR count). The highest BCUT2D eigenvalue weighted by Gasteiger charge is 2.15. The zero-order chi connectivity index (χ0) is 14.7. The van der Waals surface area contributed by atoms with Crippen LogP contribution in [0.2, 0.25) is 0 Å². The summed E-state index contributed by atoms with van der Waals surface area (Å²) in [6.45, 7) is 12.6. The van der Waals surface area contributed by atoms with Crippen molar-refractivity contribution in [2.75, 3.05) is 39.3 Å². The van der Waals surface area contributed by atoms with E-state index in [4.69, 9.17) is 17.2 Å². The minimum absolute atomic E-state index is 0.667. The SMILES string of the molecule is CC(CCN)CN(CC(C)CCN)CC(C)CCN. The number of hydrogen-bond donors (Lipinski definition) is 3. The molecule has 116 valence electrons. The Balaban J connectivity index is 4.28. The molecule has 0 aliphatic heterocycles. The molecule has 4 nitrogen and oxygen atoms in total. The molecule has 6 N–H and O–H groups in total. The van der Waals surface area contributed by atoms with Crippen LogP contribution in [0.15, 0.2) is 0 Å². The van der Waals surface area contributed by atoms with Crippen LogP contribution < -0.4 is 17.2 Å². The number of nitrogens with zero attached hydrogens (tertiary/aromatic N) is 1. The van der Waals surface area contributed by atoms with Gasteiger partial charge in [-0.25, -0.2) is 0 Å². The van der Waals surface area contributed by atoms with Gasteiger partial charge in [0.05, 0.1) is 0 Å². The molecule has 0 bridgehead atoms. The first-order valence-corrected chi connectivity index (χ1v) is 7.85. The number of nitrogens with two attached hydrogens (primary N) is 3. The van der Waals surface area contributed by atoms with Crippen LogP contribution in [0.1, 0.15) is 40.0 Å². The standard InChI is InChI=1S/C15H36N4/c1-13(4-7-16)10-19(11-14(2)5-8-17)12-15(3)6-9-18/h13-15H,4-12,16-18H2,1-3H3. The van der Waals surface area contributed by atoms with Gasteiger partial charge in [0, 0.05) is 19.6 Å². The van der Waals surface area contributed by atoms with Crippen LogP contribution in [0.4, 0.5) is 0 Å². The summed E-state index contributed by atoms with van der Waals surface area (Å²) in [6.07, 6.45) is 3.31. The molecule has 19 heavy (non-hydrogen) atoms. The molecule has 0 aliphatic rings. The largest absolute Gasteiger partial charge is 0.330 e. The van der Waals surface area contributed by atoms with Crippen molar-refractivity contribution >= 4 is 0 Å². The molecule has 0 saturated carbocycles. The molecule has 3 atom stereocenters. The van der Waals surface area contributed by atoms with E-state index in [1.165, 1.54) is 0 Å². The lowest BCUT2D eigenvalue weighted by Gasteiger charge is -2.30. The van der Waals surface area contributed by atoms with Crippen molar-refractivity contribution in [2.24, 2.45) is 35.0 Å². The van der Waals surface area contributed by atoms with Crippen molar-refractivity contribution in [3.8, 4) is 0 Å². The smallest absolute Gasteiger partial charge is 0.000772 e. The fourth-order valence-electron chi connectivity index (χ4n) is 2.67. The maximum absolute atomic E-state index is 5.65. The van der Waals surface area contributed by atoms with Crippen molar-refractivity contribution in [2.45, 2.75) is 40.0 Å². The van der Waals surface area contributed by atoms with Gasteiger partial charge in [0.25, 0.3) is 0 Å². The molecule has 0 saturated heterocycles. The number of rotatable bonds is 12. The Labute approximate surface area is 120 Å². The maximum Gasteiger partial charge on any atom is 0.000772 e. The lowest BCUT2D eigenvalue weighted by molar-refractivity contribution is 0.176. The van der Waals surface area contributed by atoms with Crippen molar-refractivity contribution in [1.29, 1.82) is 0 Å². The van der Waals surface area contributed by atoms with Gasteiger partial charge in [0.15, 0.2) is 0 Å². The van der Waals surface area contributed by atoms with E-state index in [1.54, 1.807) is 0 Å². The molecule has 4 heteroatoms. The van der Waals surface area contributed by atoms with E-state index >= 15 is 0 Å². The molecule has 0 aromatic heterocycles. The molecular weight excluding hydrogens is 236 g/mol. The first-order chi connectivity index (χ1) is 9.03. The van der Waals surface area contributed by atoms with Gasteiger partial charge in [0.2, 0.25) is 0 Å². The van der Waals surface area contributed by atoms with Gasteiger partial charge in [0.1, 0.15) is 0 Å². The summed E-state index contributed by atoms with van der Waals surface area (Å²) < 4.78 is 0. The van der Waals surface area contributed by atoms with E-state index in [9.17, 15) is 0 Å². The fraction of sp³-hybridized carbons (Fsp3) is 1.00. The van der Waals surface area contributed by atoms with Gasteiger partial charge in [-0.2, -0.15) is 0 Å². The Morgan fingerprint density at radius 2 is 0.895 bits per heavy atom. The Bertz CT molecular complexity index is 165. The highest BCUT2D eigenvalue weighted by molar-refractivity contribution is 4.70. The summed E-state index contributed by atoms with van der Waals surface area (Å²) in [7, 11) is 0. The van der Waals surface area contributed by atoms with Gasteiger partial charge in [-0.15, -0.1) is 0 Å². The molecule has 0 radical (unpaired) electrons. The summed E-state index contributed by atoms with van der Waals surface area (Å²) in [4.78, 5) is 2.58. The normalized spacial score (nSPS) is 16.6. The third kappa shape index (κ3) is 10.3. The Kier molecular flexibility index (Phi) is 11.6. The average molecular weight is 272 g/mol. The summed E-state index contributed by atoms with van der Waals surface area (Å²) in [5, 5.41) is 0. The van der Waals surface area contributed by atoms with Gasteiger partial charge in [-0.3, -0.25) is 0 Å². The second-order valence-electron chi connectivity index (χ2n) is 6.27.